The molecule has 1 amide bonds. The van der Waals surface area contributed by atoms with E-state index in [0.717, 1.165) is 18.2 Å². The summed E-state index contributed by atoms with van der Waals surface area (Å²) in [6.45, 7) is 0. The highest BCUT2D eigenvalue weighted by Gasteiger charge is 2.32. The fourth-order valence-corrected chi connectivity index (χ4v) is 2.78. The van der Waals surface area contributed by atoms with E-state index in [1.54, 1.807) is 0 Å². The van der Waals surface area contributed by atoms with Crippen LogP contribution >= 0.6 is 11.6 Å². The lowest BCUT2D eigenvalue weighted by Gasteiger charge is -2.11. The molecule has 1 heterocycles. The third kappa shape index (κ3) is 4.91. The molecule has 0 atom stereocenters. The molecule has 3 rings (SSSR count). The van der Waals surface area contributed by atoms with Gasteiger partial charge in [0.25, 0.3) is 5.91 Å². The van der Waals surface area contributed by atoms with Gasteiger partial charge in [0.05, 0.1) is 21.8 Å². The molecule has 0 saturated heterocycles. The Labute approximate surface area is 171 Å². The molecule has 0 unspecified atom stereocenters. The second-order valence-corrected chi connectivity index (χ2v) is 6.59. The van der Waals surface area contributed by atoms with Crippen LogP contribution in [0.2, 0.25) is 5.02 Å². The maximum atomic E-state index is 12.8. The average Bonchev–Trinajstić information content (AvgIpc) is 2.68. The van der Waals surface area contributed by atoms with Gasteiger partial charge in [0.1, 0.15) is 0 Å². The number of alkyl halides is 6. The summed E-state index contributed by atoms with van der Waals surface area (Å²) < 4.78 is 76.5. The Morgan fingerprint density at radius 2 is 1.43 bits per heavy atom. The average molecular weight is 445 g/mol. The minimum atomic E-state index is -4.57. The molecule has 1 N–H and O–H groups in total. The van der Waals surface area contributed by atoms with Gasteiger partial charge in [0, 0.05) is 23.5 Å². The smallest absolute Gasteiger partial charge is 0.321 e. The summed E-state index contributed by atoms with van der Waals surface area (Å²) >= 11 is 5.81. The molecular formula is C20H11ClF6N2O. The van der Waals surface area contributed by atoms with Gasteiger partial charge in [0.15, 0.2) is 0 Å². The molecule has 0 fully saturated rings. The second-order valence-electron chi connectivity index (χ2n) is 6.18. The molecule has 2 aromatic carbocycles. The van der Waals surface area contributed by atoms with Crippen molar-refractivity contribution in [2.75, 3.05) is 5.32 Å². The van der Waals surface area contributed by atoms with Crippen molar-refractivity contribution in [2.24, 2.45) is 0 Å². The van der Waals surface area contributed by atoms with Gasteiger partial charge in [-0.1, -0.05) is 23.7 Å². The minimum absolute atomic E-state index is 0.0131. The number of aromatic nitrogens is 1. The van der Waals surface area contributed by atoms with E-state index in [1.165, 1.54) is 30.5 Å². The van der Waals surface area contributed by atoms with Crippen molar-refractivity contribution in [1.82, 2.24) is 4.98 Å². The molecular weight excluding hydrogens is 434 g/mol. The van der Waals surface area contributed by atoms with Crippen molar-refractivity contribution in [3.05, 3.63) is 82.6 Å². The third-order valence-electron chi connectivity index (χ3n) is 4.09. The van der Waals surface area contributed by atoms with Crippen molar-refractivity contribution in [1.29, 1.82) is 0 Å². The lowest BCUT2D eigenvalue weighted by Crippen LogP contribution is -2.13. The molecule has 3 aromatic rings. The highest BCUT2D eigenvalue weighted by atomic mass is 35.5. The number of hydrogen-bond acceptors (Lipinski definition) is 2. The van der Waals surface area contributed by atoms with Crippen LogP contribution in [0.4, 0.5) is 32.0 Å². The van der Waals surface area contributed by atoms with Crippen LogP contribution in [0, 0.1) is 0 Å². The highest BCUT2D eigenvalue weighted by Crippen LogP contribution is 2.34. The summed E-state index contributed by atoms with van der Waals surface area (Å²) in [5, 5.41) is 2.11. The van der Waals surface area contributed by atoms with Crippen LogP contribution in [0.15, 0.2) is 60.9 Å². The number of hydrogen-bond donors (Lipinski definition) is 1. The molecule has 0 aliphatic heterocycles. The first-order valence-corrected chi connectivity index (χ1v) is 8.64. The number of halogens is 7. The number of nitrogens with zero attached hydrogens (tertiary/aromatic N) is 1. The van der Waals surface area contributed by atoms with E-state index in [4.69, 9.17) is 11.6 Å². The van der Waals surface area contributed by atoms with Gasteiger partial charge in [-0.25, -0.2) is 0 Å². The lowest BCUT2D eigenvalue weighted by atomic mass is 10.0. The van der Waals surface area contributed by atoms with Crippen LogP contribution < -0.4 is 5.32 Å². The van der Waals surface area contributed by atoms with E-state index in [9.17, 15) is 31.1 Å². The Balaban J connectivity index is 1.78. The number of anilines is 1. The molecule has 0 radical (unpaired) electrons. The SMILES string of the molecule is O=C(Nc1ccc(C(F)(F)F)cc1Cl)c1ccc(-c2cncc(C(F)(F)F)c2)cc1. The van der Waals surface area contributed by atoms with Crippen LogP contribution in [0.3, 0.4) is 0 Å². The minimum Gasteiger partial charge on any atom is -0.321 e. The molecule has 0 saturated carbocycles. The number of carbonyl (C=O) groups excluding carboxylic acids is 1. The second kappa shape index (κ2) is 7.98. The number of rotatable bonds is 3. The predicted octanol–water partition coefficient (Wildman–Crippen LogP) is 6.69. The van der Waals surface area contributed by atoms with Crippen LogP contribution in [-0.4, -0.2) is 10.9 Å². The van der Waals surface area contributed by atoms with Gasteiger partial charge in [-0.2, -0.15) is 26.3 Å². The number of pyridine rings is 1. The van der Waals surface area contributed by atoms with Crippen LogP contribution in [0.25, 0.3) is 11.1 Å². The molecule has 3 nitrogen and oxygen atoms in total. The number of benzene rings is 2. The van der Waals surface area contributed by atoms with Gasteiger partial charge in [-0.05, 0) is 42.0 Å². The molecule has 0 aliphatic carbocycles. The molecule has 0 aliphatic rings. The number of nitrogens with one attached hydrogen (secondary N) is 1. The van der Waals surface area contributed by atoms with Gasteiger partial charge < -0.3 is 5.32 Å². The Kier molecular flexibility index (Phi) is 5.76. The van der Waals surface area contributed by atoms with Gasteiger partial charge in [-0.3, -0.25) is 9.78 Å². The highest BCUT2D eigenvalue weighted by molar-refractivity contribution is 6.34. The molecule has 156 valence electrons. The Morgan fingerprint density at radius 1 is 0.800 bits per heavy atom. The summed E-state index contributed by atoms with van der Waals surface area (Å²) in [6, 6.07) is 9.04. The maximum Gasteiger partial charge on any atom is 0.417 e. The Morgan fingerprint density at radius 3 is 2.00 bits per heavy atom. The van der Waals surface area contributed by atoms with E-state index in [1.807, 2.05) is 0 Å². The molecule has 1 aromatic heterocycles. The largest absolute Gasteiger partial charge is 0.417 e. The summed E-state index contributed by atoms with van der Waals surface area (Å²) in [5.41, 5.74) is -1.13. The molecule has 30 heavy (non-hydrogen) atoms. The third-order valence-corrected chi connectivity index (χ3v) is 4.40. The molecule has 0 bridgehead atoms. The first-order chi connectivity index (χ1) is 13.9. The number of carbonyl (C=O) groups is 1. The van der Waals surface area contributed by atoms with E-state index in [-0.39, 0.29) is 21.8 Å². The zero-order valence-electron chi connectivity index (χ0n) is 14.8. The molecule has 10 heteroatoms. The zero-order valence-corrected chi connectivity index (χ0v) is 15.5. The fourth-order valence-electron chi connectivity index (χ4n) is 2.55. The van der Waals surface area contributed by atoms with E-state index in [0.29, 0.717) is 17.8 Å². The maximum absolute atomic E-state index is 12.8. The topological polar surface area (TPSA) is 42.0 Å². The standard InChI is InChI=1S/C20H11ClF6N2O/c21-16-8-14(19(22,23)24)5-6-17(16)29-18(30)12-3-1-11(2-4-12)13-7-15(10-28-9-13)20(25,26)27/h1-10H,(H,29,30). The predicted molar refractivity (Wildman–Crippen MR) is 99.1 cm³/mol. The van der Waals surface area contributed by atoms with Gasteiger partial charge in [0.2, 0.25) is 0 Å². The van der Waals surface area contributed by atoms with Crippen LogP contribution in [0.1, 0.15) is 21.5 Å². The first kappa shape index (κ1) is 21.6. The van der Waals surface area contributed by atoms with Gasteiger partial charge >= 0.3 is 12.4 Å². The van der Waals surface area contributed by atoms with E-state index < -0.39 is 29.4 Å². The van der Waals surface area contributed by atoms with E-state index >= 15 is 0 Å². The number of amides is 1. The normalized spacial score (nSPS) is 12.0. The Bertz CT molecular complexity index is 1080. The monoisotopic (exact) mass is 444 g/mol. The summed E-state index contributed by atoms with van der Waals surface area (Å²) in [7, 11) is 0. The van der Waals surface area contributed by atoms with Crippen molar-refractivity contribution in [3.8, 4) is 11.1 Å². The molecule has 0 spiro atoms. The first-order valence-electron chi connectivity index (χ1n) is 8.26. The van der Waals surface area contributed by atoms with E-state index in [2.05, 4.69) is 10.3 Å². The van der Waals surface area contributed by atoms with Crippen LogP contribution in [0.5, 0.6) is 0 Å². The van der Waals surface area contributed by atoms with Crippen LogP contribution in [-0.2, 0) is 12.4 Å². The lowest BCUT2D eigenvalue weighted by molar-refractivity contribution is -0.138. The quantitative estimate of drug-likeness (QED) is 0.457. The summed E-state index contributed by atoms with van der Waals surface area (Å²) in [4.78, 5) is 15.9. The summed E-state index contributed by atoms with van der Waals surface area (Å²) in [5.74, 6) is -0.648. The van der Waals surface area contributed by atoms with Crippen molar-refractivity contribution >= 4 is 23.2 Å². The summed E-state index contributed by atoms with van der Waals surface area (Å²) in [6.07, 6.45) is -7.14. The van der Waals surface area contributed by atoms with Crippen molar-refractivity contribution in [2.45, 2.75) is 12.4 Å². The zero-order chi connectivity index (χ0) is 22.1. The van der Waals surface area contributed by atoms with Crippen molar-refractivity contribution < 1.29 is 31.1 Å². The van der Waals surface area contributed by atoms with Crippen molar-refractivity contribution in [3.63, 3.8) is 0 Å². The Hall–Kier alpha value is -3.07. The van der Waals surface area contributed by atoms with Gasteiger partial charge in [-0.15, -0.1) is 0 Å². The fraction of sp³-hybridized carbons (Fsp3) is 0.100.